The second kappa shape index (κ2) is 6.02. The van der Waals surface area contributed by atoms with E-state index in [1.807, 2.05) is 20.8 Å². The van der Waals surface area contributed by atoms with Crippen molar-refractivity contribution in [1.82, 2.24) is 5.32 Å². The van der Waals surface area contributed by atoms with E-state index in [1.165, 1.54) is 12.1 Å². The number of hydrogen-bond donors (Lipinski definition) is 3. The number of aliphatic hydroxyl groups is 1. The van der Waals surface area contributed by atoms with Crippen molar-refractivity contribution in [1.29, 1.82) is 0 Å². The zero-order valence-electron chi connectivity index (χ0n) is 11.5. The van der Waals surface area contributed by atoms with E-state index in [2.05, 4.69) is 5.32 Å². The Morgan fingerprint density at radius 3 is 2.63 bits per heavy atom. The van der Waals surface area contributed by atoms with Crippen molar-refractivity contribution in [3.05, 3.63) is 29.6 Å². The third-order valence-electron chi connectivity index (χ3n) is 3.03. The molecule has 1 atom stereocenters. The second-order valence-corrected chi connectivity index (χ2v) is 5.64. The molecular weight excluding hydrogens is 247 g/mol. The van der Waals surface area contributed by atoms with Gasteiger partial charge < -0.3 is 16.2 Å². The van der Waals surface area contributed by atoms with Crippen molar-refractivity contribution >= 4 is 11.6 Å². The van der Waals surface area contributed by atoms with Crippen LogP contribution in [0.2, 0.25) is 0 Å². The SMILES string of the molecule is CC(C)(C)C(CCO)NC(=O)c1cc(F)ccc1N. The number of benzene rings is 1. The Morgan fingerprint density at radius 2 is 2.11 bits per heavy atom. The van der Waals surface area contributed by atoms with E-state index in [9.17, 15) is 9.18 Å². The Kier molecular flexibility index (Phi) is 4.89. The highest BCUT2D eigenvalue weighted by Gasteiger charge is 2.26. The van der Waals surface area contributed by atoms with Crippen molar-refractivity contribution in [2.45, 2.75) is 33.2 Å². The van der Waals surface area contributed by atoms with Gasteiger partial charge in [0.25, 0.3) is 5.91 Å². The van der Waals surface area contributed by atoms with Gasteiger partial charge in [-0.1, -0.05) is 20.8 Å². The standard InChI is InChI=1S/C14H21FN2O2/c1-14(2,3)12(6-7-18)17-13(19)10-8-9(15)4-5-11(10)16/h4-5,8,12,18H,6-7,16H2,1-3H3,(H,17,19). The number of carbonyl (C=O) groups excluding carboxylic acids is 1. The number of nitrogens with one attached hydrogen (secondary N) is 1. The first-order chi connectivity index (χ1) is 8.75. The summed E-state index contributed by atoms with van der Waals surface area (Å²) in [7, 11) is 0. The largest absolute Gasteiger partial charge is 0.398 e. The van der Waals surface area contributed by atoms with Crippen LogP contribution in [-0.2, 0) is 0 Å². The quantitative estimate of drug-likeness (QED) is 0.730. The highest BCUT2D eigenvalue weighted by Crippen LogP contribution is 2.23. The first-order valence-corrected chi connectivity index (χ1v) is 6.22. The smallest absolute Gasteiger partial charge is 0.253 e. The predicted molar refractivity (Wildman–Crippen MR) is 73.2 cm³/mol. The fraction of sp³-hybridized carbons (Fsp3) is 0.500. The average Bonchev–Trinajstić information content (AvgIpc) is 2.30. The van der Waals surface area contributed by atoms with Crippen LogP contribution in [0.25, 0.3) is 0 Å². The molecule has 0 heterocycles. The van der Waals surface area contributed by atoms with Gasteiger partial charge in [-0.3, -0.25) is 4.79 Å². The number of amides is 1. The Hall–Kier alpha value is -1.62. The minimum atomic E-state index is -0.506. The Morgan fingerprint density at radius 1 is 1.47 bits per heavy atom. The van der Waals surface area contributed by atoms with Crippen molar-refractivity contribution in [3.8, 4) is 0 Å². The summed E-state index contributed by atoms with van der Waals surface area (Å²) in [6, 6.07) is 3.47. The van der Waals surface area contributed by atoms with Gasteiger partial charge in [-0.25, -0.2) is 4.39 Å². The normalized spacial score (nSPS) is 13.1. The van der Waals surface area contributed by atoms with Gasteiger partial charge in [0.1, 0.15) is 5.82 Å². The summed E-state index contributed by atoms with van der Waals surface area (Å²) in [5.74, 6) is -0.931. The van der Waals surface area contributed by atoms with Gasteiger partial charge in [-0.15, -0.1) is 0 Å². The van der Waals surface area contributed by atoms with E-state index in [0.717, 1.165) is 6.07 Å². The van der Waals surface area contributed by atoms with Gasteiger partial charge in [-0.05, 0) is 30.0 Å². The average molecular weight is 268 g/mol. The topological polar surface area (TPSA) is 75.3 Å². The molecule has 0 saturated heterocycles. The molecule has 0 aliphatic carbocycles. The van der Waals surface area contributed by atoms with Gasteiger partial charge in [0.05, 0.1) is 5.56 Å². The molecule has 1 rings (SSSR count). The van der Waals surface area contributed by atoms with Crippen LogP contribution in [0, 0.1) is 11.2 Å². The third kappa shape index (κ3) is 4.21. The van der Waals surface area contributed by atoms with E-state index >= 15 is 0 Å². The van der Waals surface area contributed by atoms with Gasteiger partial charge in [0.15, 0.2) is 0 Å². The molecule has 0 aliphatic rings. The van der Waals surface area contributed by atoms with Crippen LogP contribution in [0.3, 0.4) is 0 Å². The molecule has 19 heavy (non-hydrogen) atoms. The summed E-state index contributed by atoms with van der Waals surface area (Å²) < 4.78 is 13.2. The maximum absolute atomic E-state index is 13.2. The molecule has 4 N–H and O–H groups in total. The van der Waals surface area contributed by atoms with E-state index in [-0.39, 0.29) is 29.3 Å². The van der Waals surface area contributed by atoms with Gasteiger partial charge in [0.2, 0.25) is 0 Å². The second-order valence-electron chi connectivity index (χ2n) is 5.64. The summed E-state index contributed by atoms with van der Waals surface area (Å²) in [6.07, 6.45) is 0.435. The van der Waals surface area contributed by atoms with E-state index < -0.39 is 11.7 Å². The zero-order chi connectivity index (χ0) is 14.6. The van der Waals surface area contributed by atoms with Crippen LogP contribution in [0.5, 0.6) is 0 Å². The summed E-state index contributed by atoms with van der Waals surface area (Å²) in [5.41, 5.74) is 5.81. The maximum Gasteiger partial charge on any atom is 0.253 e. The van der Waals surface area contributed by atoms with E-state index in [0.29, 0.717) is 6.42 Å². The summed E-state index contributed by atoms with van der Waals surface area (Å²) in [5, 5.41) is 11.8. The van der Waals surface area contributed by atoms with Crippen LogP contribution in [0.1, 0.15) is 37.6 Å². The lowest BCUT2D eigenvalue weighted by molar-refractivity contribution is 0.0885. The fourth-order valence-electron chi connectivity index (χ4n) is 1.81. The van der Waals surface area contributed by atoms with Crippen LogP contribution >= 0.6 is 0 Å². The molecule has 0 saturated carbocycles. The molecule has 0 aliphatic heterocycles. The van der Waals surface area contributed by atoms with Gasteiger partial charge in [0, 0.05) is 18.3 Å². The van der Waals surface area contributed by atoms with Crippen molar-refractivity contribution in [2.24, 2.45) is 5.41 Å². The number of nitrogens with two attached hydrogens (primary N) is 1. The number of rotatable bonds is 4. The number of aliphatic hydroxyl groups excluding tert-OH is 1. The summed E-state index contributed by atoms with van der Waals surface area (Å²) in [6.45, 7) is 5.86. The molecule has 0 spiro atoms. The highest BCUT2D eigenvalue weighted by atomic mass is 19.1. The fourth-order valence-corrected chi connectivity index (χ4v) is 1.81. The summed E-state index contributed by atoms with van der Waals surface area (Å²) in [4.78, 5) is 12.1. The summed E-state index contributed by atoms with van der Waals surface area (Å²) >= 11 is 0. The van der Waals surface area contributed by atoms with Crippen LogP contribution in [-0.4, -0.2) is 23.7 Å². The zero-order valence-corrected chi connectivity index (χ0v) is 11.5. The lowest BCUT2D eigenvalue weighted by Gasteiger charge is -2.31. The molecule has 1 unspecified atom stereocenters. The third-order valence-corrected chi connectivity index (χ3v) is 3.03. The van der Waals surface area contributed by atoms with Crippen LogP contribution < -0.4 is 11.1 Å². The van der Waals surface area contributed by atoms with Crippen molar-refractivity contribution in [3.63, 3.8) is 0 Å². The Balaban J connectivity index is 2.91. The predicted octanol–water partition coefficient (Wildman–Crippen LogP) is 1.93. The monoisotopic (exact) mass is 268 g/mol. The molecule has 0 radical (unpaired) electrons. The molecule has 0 aromatic heterocycles. The van der Waals surface area contributed by atoms with E-state index in [1.54, 1.807) is 0 Å². The molecule has 1 amide bonds. The lowest BCUT2D eigenvalue weighted by atomic mass is 9.84. The van der Waals surface area contributed by atoms with Gasteiger partial charge >= 0.3 is 0 Å². The molecule has 106 valence electrons. The Bertz CT molecular complexity index is 455. The number of halogens is 1. The lowest BCUT2D eigenvalue weighted by Crippen LogP contribution is -2.44. The molecule has 0 fully saturated rings. The number of hydrogen-bond acceptors (Lipinski definition) is 3. The minimum Gasteiger partial charge on any atom is -0.398 e. The van der Waals surface area contributed by atoms with Crippen LogP contribution in [0.4, 0.5) is 10.1 Å². The Labute approximate surface area is 112 Å². The van der Waals surface area contributed by atoms with Crippen molar-refractivity contribution < 1.29 is 14.3 Å². The molecular formula is C14H21FN2O2. The molecule has 0 bridgehead atoms. The van der Waals surface area contributed by atoms with Gasteiger partial charge in [-0.2, -0.15) is 0 Å². The maximum atomic E-state index is 13.2. The van der Waals surface area contributed by atoms with E-state index in [4.69, 9.17) is 10.8 Å². The molecule has 4 nitrogen and oxygen atoms in total. The van der Waals surface area contributed by atoms with Crippen LogP contribution in [0.15, 0.2) is 18.2 Å². The first kappa shape index (κ1) is 15.4. The number of nitrogen functional groups attached to an aromatic ring is 1. The first-order valence-electron chi connectivity index (χ1n) is 6.22. The highest BCUT2D eigenvalue weighted by molar-refractivity contribution is 5.99. The number of carbonyl (C=O) groups is 1. The number of anilines is 1. The molecule has 1 aromatic carbocycles. The molecule has 5 heteroatoms. The molecule has 1 aromatic rings. The minimum absolute atomic E-state index is 0.0269. The van der Waals surface area contributed by atoms with Crippen molar-refractivity contribution in [2.75, 3.05) is 12.3 Å².